The molecule has 3 heterocycles. The van der Waals surface area contributed by atoms with Crippen molar-refractivity contribution in [2.45, 2.75) is 25.2 Å². The number of hydrogen-bond donors (Lipinski definition) is 1. The summed E-state index contributed by atoms with van der Waals surface area (Å²) in [5.41, 5.74) is 6.77. The van der Waals surface area contributed by atoms with Gasteiger partial charge in [-0.2, -0.15) is 0 Å². The molecule has 2 saturated heterocycles. The van der Waals surface area contributed by atoms with Crippen LogP contribution in [0.4, 0.5) is 5.82 Å². The van der Waals surface area contributed by atoms with Gasteiger partial charge < -0.3 is 20.1 Å². The molecule has 5 nitrogen and oxygen atoms in total. The molecule has 5 heteroatoms. The summed E-state index contributed by atoms with van der Waals surface area (Å²) in [6.07, 6.45) is 3.85. The van der Waals surface area contributed by atoms with E-state index in [1.807, 2.05) is 18.3 Å². The smallest absolute Gasteiger partial charge is 0.186 e. The Morgan fingerprint density at radius 1 is 1.39 bits per heavy atom. The van der Waals surface area contributed by atoms with Crippen LogP contribution in [0.15, 0.2) is 18.3 Å². The lowest BCUT2D eigenvalue weighted by molar-refractivity contribution is -0.161. The molecule has 2 aliphatic heterocycles. The predicted molar refractivity (Wildman–Crippen MR) is 68.2 cm³/mol. The summed E-state index contributed by atoms with van der Waals surface area (Å²) in [5, 5.41) is 0. The normalized spacial score (nSPS) is 22.6. The van der Waals surface area contributed by atoms with E-state index in [1.54, 1.807) is 0 Å². The molecule has 18 heavy (non-hydrogen) atoms. The molecule has 0 unspecified atom stereocenters. The van der Waals surface area contributed by atoms with E-state index in [4.69, 9.17) is 15.2 Å². The van der Waals surface area contributed by atoms with E-state index in [9.17, 15) is 0 Å². The number of rotatable bonds is 2. The molecule has 1 aromatic heterocycles. The molecule has 0 aliphatic carbocycles. The molecule has 1 aromatic rings. The van der Waals surface area contributed by atoms with Crippen LogP contribution in [0.1, 0.15) is 18.4 Å². The van der Waals surface area contributed by atoms with Gasteiger partial charge in [0.2, 0.25) is 0 Å². The largest absolute Gasteiger partial charge is 0.351 e. The Bertz CT molecular complexity index is 418. The monoisotopic (exact) mass is 249 g/mol. The Kier molecular flexibility index (Phi) is 3.20. The molecule has 0 aromatic carbocycles. The highest BCUT2D eigenvalue weighted by Crippen LogP contribution is 2.31. The average molecular weight is 249 g/mol. The van der Waals surface area contributed by atoms with Crippen molar-refractivity contribution in [2.24, 2.45) is 5.73 Å². The molecule has 0 amide bonds. The van der Waals surface area contributed by atoms with E-state index < -0.39 is 5.79 Å². The zero-order chi connectivity index (χ0) is 12.4. The second kappa shape index (κ2) is 4.84. The van der Waals surface area contributed by atoms with Crippen molar-refractivity contribution in [3.63, 3.8) is 0 Å². The van der Waals surface area contributed by atoms with Crippen molar-refractivity contribution < 1.29 is 9.47 Å². The number of ether oxygens (including phenoxy) is 2. The molecule has 0 atom stereocenters. The summed E-state index contributed by atoms with van der Waals surface area (Å²) in [6, 6.07) is 4.00. The summed E-state index contributed by atoms with van der Waals surface area (Å²) >= 11 is 0. The maximum atomic E-state index is 5.77. The van der Waals surface area contributed by atoms with Crippen LogP contribution >= 0.6 is 0 Å². The highest BCUT2D eigenvalue weighted by Gasteiger charge is 2.41. The van der Waals surface area contributed by atoms with E-state index in [2.05, 4.69) is 9.88 Å². The van der Waals surface area contributed by atoms with Gasteiger partial charge in [0.1, 0.15) is 5.82 Å². The number of nitrogens with zero attached hydrogens (tertiary/aromatic N) is 2. The number of piperidine rings is 1. The second-order valence-electron chi connectivity index (χ2n) is 4.86. The highest BCUT2D eigenvalue weighted by atomic mass is 16.7. The Balaban J connectivity index is 1.78. The number of aromatic nitrogens is 1. The lowest BCUT2D eigenvalue weighted by Crippen LogP contribution is -2.49. The molecule has 98 valence electrons. The van der Waals surface area contributed by atoms with Crippen LogP contribution in [0.5, 0.6) is 0 Å². The van der Waals surface area contributed by atoms with Gasteiger partial charge in [0, 0.05) is 25.7 Å². The van der Waals surface area contributed by atoms with Gasteiger partial charge in [-0.15, -0.1) is 0 Å². The standard InChI is InChI=1S/C13H19N3O2/c14-9-11-2-4-15-12(8-11)16-5-1-3-13(10-16)17-6-7-18-13/h2,4,8H,1,3,5-7,9-10,14H2. The molecular weight excluding hydrogens is 230 g/mol. The Morgan fingerprint density at radius 3 is 3.00 bits per heavy atom. The van der Waals surface area contributed by atoms with E-state index in [1.165, 1.54) is 0 Å². The fourth-order valence-electron chi connectivity index (χ4n) is 2.68. The fourth-order valence-corrected chi connectivity index (χ4v) is 2.68. The number of hydrogen-bond acceptors (Lipinski definition) is 5. The minimum absolute atomic E-state index is 0.404. The van der Waals surface area contributed by atoms with Crippen LogP contribution < -0.4 is 10.6 Å². The third-order valence-electron chi connectivity index (χ3n) is 3.60. The number of pyridine rings is 1. The first-order valence-corrected chi connectivity index (χ1v) is 6.49. The number of anilines is 1. The van der Waals surface area contributed by atoms with Gasteiger partial charge in [0.25, 0.3) is 0 Å². The Labute approximate surface area is 107 Å². The maximum absolute atomic E-state index is 5.77. The molecular formula is C13H19N3O2. The van der Waals surface area contributed by atoms with Gasteiger partial charge in [-0.05, 0) is 24.1 Å². The van der Waals surface area contributed by atoms with Crippen molar-refractivity contribution >= 4 is 5.82 Å². The summed E-state index contributed by atoms with van der Waals surface area (Å²) in [6.45, 7) is 3.69. The molecule has 0 radical (unpaired) electrons. The van der Waals surface area contributed by atoms with Crippen molar-refractivity contribution in [1.29, 1.82) is 0 Å². The number of nitrogens with two attached hydrogens (primary N) is 1. The Morgan fingerprint density at radius 2 is 2.22 bits per heavy atom. The average Bonchev–Trinajstić information content (AvgIpc) is 2.87. The zero-order valence-electron chi connectivity index (χ0n) is 10.5. The second-order valence-corrected chi connectivity index (χ2v) is 4.86. The van der Waals surface area contributed by atoms with Gasteiger partial charge in [0.15, 0.2) is 5.79 Å². The highest BCUT2D eigenvalue weighted by molar-refractivity contribution is 5.42. The quantitative estimate of drug-likeness (QED) is 0.843. The molecule has 3 rings (SSSR count). The van der Waals surface area contributed by atoms with Crippen LogP contribution in [-0.2, 0) is 16.0 Å². The van der Waals surface area contributed by atoms with Crippen molar-refractivity contribution in [1.82, 2.24) is 4.98 Å². The zero-order valence-corrected chi connectivity index (χ0v) is 10.5. The van der Waals surface area contributed by atoms with Crippen LogP contribution in [0.3, 0.4) is 0 Å². The van der Waals surface area contributed by atoms with Crippen molar-refractivity contribution in [3.05, 3.63) is 23.9 Å². The minimum atomic E-state index is -0.404. The Hall–Kier alpha value is -1.17. The minimum Gasteiger partial charge on any atom is -0.351 e. The molecule has 2 aliphatic rings. The van der Waals surface area contributed by atoms with Gasteiger partial charge in [-0.3, -0.25) is 0 Å². The van der Waals surface area contributed by atoms with E-state index >= 15 is 0 Å². The molecule has 0 saturated carbocycles. The van der Waals surface area contributed by atoms with Gasteiger partial charge in [-0.1, -0.05) is 0 Å². The van der Waals surface area contributed by atoms with E-state index in [0.717, 1.165) is 37.3 Å². The SMILES string of the molecule is NCc1ccnc(N2CCCC3(C2)OCCO3)c1. The topological polar surface area (TPSA) is 60.6 Å². The van der Waals surface area contributed by atoms with Gasteiger partial charge in [-0.25, -0.2) is 4.98 Å². The van der Waals surface area contributed by atoms with Crippen molar-refractivity contribution in [3.8, 4) is 0 Å². The predicted octanol–water partition coefficient (Wildman–Crippen LogP) is 0.884. The van der Waals surface area contributed by atoms with E-state index in [0.29, 0.717) is 19.8 Å². The first-order valence-electron chi connectivity index (χ1n) is 6.49. The van der Waals surface area contributed by atoms with Crippen LogP contribution in [0.2, 0.25) is 0 Å². The third-order valence-corrected chi connectivity index (χ3v) is 3.60. The first-order chi connectivity index (χ1) is 8.81. The third kappa shape index (κ3) is 2.21. The first kappa shape index (κ1) is 11.9. The summed E-state index contributed by atoms with van der Waals surface area (Å²) < 4.78 is 11.5. The van der Waals surface area contributed by atoms with Crippen LogP contribution in [0.25, 0.3) is 0 Å². The summed E-state index contributed by atoms with van der Waals surface area (Å²) in [4.78, 5) is 6.65. The molecule has 2 fully saturated rings. The molecule has 1 spiro atoms. The lowest BCUT2D eigenvalue weighted by atomic mass is 10.0. The summed E-state index contributed by atoms with van der Waals surface area (Å²) in [5.74, 6) is 0.565. The van der Waals surface area contributed by atoms with Crippen LogP contribution in [-0.4, -0.2) is 37.1 Å². The maximum Gasteiger partial charge on any atom is 0.186 e. The van der Waals surface area contributed by atoms with Crippen LogP contribution in [0, 0.1) is 0 Å². The van der Waals surface area contributed by atoms with Crippen molar-refractivity contribution in [2.75, 3.05) is 31.2 Å². The van der Waals surface area contributed by atoms with Gasteiger partial charge >= 0.3 is 0 Å². The van der Waals surface area contributed by atoms with E-state index in [-0.39, 0.29) is 0 Å². The molecule has 2 N–H and O–H groups in total. The molecule has 0 bridgehead atoms. The summed E-state index contributed by atoms with van der Waals surface area (Å²) in [7, 11) is 0. The lowest BCUT2D eigenvalue weighted by Gasteiger charge is -2.39. The van der Waals surface area contributed by atoms with Gasteiger partial charge in [0.05, 0.1) is 19.8 Å². The fraction of sp³-hybridized carbons (Fsp3) is 0.615.